The van der Waals surface area contributed by atoms with Gasteiger partial charge in [0.1, 0.15) is 40.1 Å². The van der Waals surface area contributed by atoms with E-state index in [2.05, 4.69) is 37.3 Å². The van der Waals surface area contributed by atoms with Gasteiger partial charge in [0.15, 0.2) is 0 Å². The molecule has 5 aromatic rings. The fraction of sp³-hybridized carbons (Fsp3) is 0.344. The van der Waals surface area contributed by atoms with Gasteiger partial charge in [0, 0.05) is 37.2 Å². The molecule has 1 unspecified atom stereocenters. The summed E-state index contributed by atoms with van der Waals surface area (Å²) in [5.41, 5.74) is 5.30. The maximum atomic E-state index is 13.4. The Morgan fingerprint density at radius 2 is 1.80 bits per heavy atom. The molecule has 44 heavy (non-hydrogen) atoms. The van der Waals surface area contributed by atoms with Gasteiger partial charge in [-0.2, -0.15) is 10.2 Å². The Kier molecular flexibility index (Phi) is 7.82. The van der Waals surface area contributed by atoms with Crippen LogP contribution < -0.4 is 5.32 Å². The molecule has 0 saturated carbocycles. The van der Waals surface area contributed by atoms with Gasteiger partial charge >= 0.3 is 6.09 Å². The van der Waals surface area contributed by atoms with Crippen molar-refractivity contribution in [2.24, 2.45) is 19.5 Å². The summed E-state index contributed by atoms with van der Waals surface area (Å²) >= 11 is 0. The number of anilines is 1. The van der Waals surface area contributed by atoms with E-state index in [1.807, 2.05) is 66.9 Å². The fourth-order valence-electron chi connectivity index (χ4n) is 5.08. The van der Waals surface area contributed by atoms with Crippen molar-refractivity contribution in [3.8, 4) is 23.1 Å². The number of hydrogen-bond acceptors (Lipinski definition) is 7. The van der Waals surface area contributed by atoms with Crippen molar-refractivity contribution < 1.29 is 14.7 Å². The highest BCUT2D eigenvalue weighted by molar-refractivity contribution is 5.97. The maximum Gasteiger partial charge on any atom is 0.407 e. The highest BCUT2D eigenvalue weighted by Crippen LogP contribution is 2.29. The number of pyridine rings is 1. The third kappa shape index (κ3) is 6.22. The molecule has 1 atom stereocenters. The first kappa shape index (κ1) is 30.2. The number of carbonyl (C=O) groups is 2. The summed E-state index contributed by atoms with van der Waals surface area (Å²) in [6.07, 6.45) is 0.610. The van der Waals surface area contributed by atoms with E-state index < -0.39 is 18.0 Å². The van der Waals surface area contributed by atoms with Gasteiger partial charge in [-0.15, -0.1) is 0 Å². The SMILES string of the molecule is Cc1nc(-c2cc(C#Cc3ccc4c(cnn4C)c3)nc(NC(=O)C(C)N(CC(C)(C)C)C(=O)O)c2)c2c(n1)c(C)nn2C. The van der Waals surface area contributed by atoms with Gasteiger partial charge in [-0.05, 0) is 62.4 Å². The van der Waals surface area contributed by atoms with Gasteiger partial charge in [0.2, 0.25) is 5.91 Å². The van der Waals surface area contributed by atoms with Crippen LogP contribution in [0, 0.1) is 31.1 Å². The monoisotopic (exact) mass is 593 g/mol. The van der Waals surface area contributed by atoms with Crippen LogP contribution >= 0.6 is 0 Å². The van der Waals surface area contributed by atoms with E-state index in [0.717, 1.165) is 38.1 Å². The van der Waals surface area contributed by atoms with E-state index in [9.17, 15) is 14.7 Å². The van der Waals surface area contributed by atoms with Gasteiger partial charge in [-0.25, -0.2) is 19.7 Å². The molecule has 2 amide bonds. The molecular formula is C32H35N9O3. The average Bonchev–Trinajstić information content (AvgIpc) is 3.46. The topological polar surface area (TPSA) is 144 Å². The van der Waals surface area contributed by atoms with E-state index in [4.69, 9.17) is 4.98 Å². The predicted molar refractivity (Wildman–Crippen MR) is 168 cm³/mol. The molecule has 1 aromatic carbocycles. The van der Waals surface area contributed by atoms with Crippen molar-refractivity contribution in [2.75, 3.05) is 11.9 Å². The van der Waals surface area contributed by atoms with Crippen molar-refractivity contribution in [2.45, 2.75) is 47.6 Å². The van der Waals surface area contributed by atoms with E-state index in [-0.39, 0.29) is 17.8 Å². The Morgan fingerprint density at radius 3 is 2.50 bits per heavy atom. The number of rotatable bonds is 5. The van der Waals surface area contributed by atoms with E-state index >= 15 is 0 Å². The molecule has 0 aliphatic carbocycles. The third-order valence-electron chi connectivity index (χ3n) is 7.13. The van der Waals surface area contributed by atoms with Crippen LogP contribution in [0.3, 0.4) is 0 Å². The molecule has 0 fully saturated rings. The summed E-state index contributed by atoms with van der Waals surface area (Å²) in [5.74, 6) is 6.57. The van der Waals surface area contributed by atoms with Crippen LogP contribution in [0.2, 0.25) is 0 Å². The molecular weight excluding hydrogens is 558 g/mol. The first-order chi connectivity index (χ1) is 20.7. The minimum absolute atomic E-state index is 0.181. The van der Waals surface area contributed by atoms with Crippen molar-refractivity contribution >= 4 is 39.8 Å². The van der Waals surface area contributed by atoms with Gasteiger partial charge in [0.05, 0.1) is 17.4 Å². The molecule has 0 aliphatic rings. The Bertz CT molecular complexity index is 1990. The van der Waals surface area contributed by atoms with Crippen molar-refractivity contribution in [1.29, 1.82) is 0 Å². The van der Waals surface area contributed by atoms with E-state index in [1.54, 1.807) is 34.6 Å². The molecule has 0 bridgehead atoms. The van der Waals surface area contributed by atoms with Gasteiger partial charge in [-0.3, -0.25) is 19.1 Å². The molecule has 12 heteroatoms. The summed E-state index contributed by atoms with van der Waals surface area (Å²) in [6, 6.07) is 8.37. The van der Waals surface area contributed by atoms with Crippen LogP contribution in [-0.2, 0) is 18.9 Å². The number of hydrogen-bond donors (Lipinski definition) is 2. The van der Waals surface area contributed by atoms with Crippen LogP contribution in [0.15, 0.2) is 36.5 Å². The summed E-state index contributed by atoms with van der Waals surface area (Å²) in [6.45, 7) is 11.2. The van der Waals surface area contributed by atoms with E-state index in [1.165, 1.54) is 0 Å². The first-order valence-electron chi connectivity index (χ1n) is 14.1. The Labute approximate surface area is 255 Å². The summed E-state index contributed by atoms with van der Waals surface area (Å²) in [4.78, 5) is 40.5. The lowest BCUT2D eigenvalue weighted by Gasteiger charge is -2.31. The number of carbonyl (C=O) groups excluding carboxylic acids is 1. The highest BCUT2D eigenvalue weighted by Gasteiger charge is 2.30. The van der Waals surface area contributed by atoms with Gasteiger partial charge < -0.3 is 10.4 Å². The molecule has 226 valence electrons. The van der Waals surface area contributed by atoms with E-state index in [0.29, 0.717) is 22.8 Å². The van der Waals surface area contributed by atoms with Crippen LogP contribution in [0.5, 0.6) is 0 Å². The number of amides is 2. The zero-order valence-corrected chi connectivity index (χ0v) is 26.1. The molecule has 2 N–H and O–H groups in total. The zero-order chi connectivity index (χ0) is 31.9. The molecule has 0 spiro atoms. The molecule has 0 saturated heterocycles. The van der Waals surface area contributed by atoms with Crippen LogP contribution in [0.1, 0.15) is 50.5 Å². The number of fused-ring (bicyclic) bond motifs is 2. The first-order valence-corrected chi connectivity index (χ1v) is 14.1. The third-order valence-corrected chi connectivity index (χ3v) is 7.13. The average molecular weight is 594 g/mol. The lowest BCUT2D eigenvalue weighted by atomic mass is 9.95. The number of nitrogens with zero attached hydrogens (tertiary/aromatic N) is 8. The summed E-state index contributed by atoms with van der Waals surface area (Å²) < 4.78 is 3.52. The quantitative estimate of drug-likeness (QED) is 0.280. The lowest BCUT2D eigenvalue weighted by molar-refractivity contribution is -0.120. The molecule has 5 rings (SSSR count). The molecule has 0 radical (unpaired) electrons. The lowest BCUT2D eigenvalue weighted by Crippen LogP contribution is -2.48. The molecule has 4 aromatic heterocycles. The number of benzene rings is 1. The molecule has 4 heterocycles. The smallest absolute Gasteiger partial charge is 0.407 e. The second-order valence-corrected chi connectivity index (χ2v) is 12.1. The van der Waals surface area contributed by atoms with Gasteiger partial charge in [-0.1, -0.05) is 26.7 Å². The number of aryl methyl sites for hydroxylation is 4. The molecule has 12 nitrogen and oxygen atoms in total. The van der Waals surface area contributed by atoms with Gasteiger partial charge in [0.25, 0.3) is 0 Å². The minimum atomic E-state index is -1.17. The number of aromatic nitrogens is 7. The maximum absolute atomic E-state index is 13.4. The Hall–Kier alpha value is -5.31. The molecule has 0 aliphatic heterocycles. The summed E-state index contributed by atoms with van der Waals surface area (Å²) in [7, 11) is 3.71. The number of carboxylic acid groups (broad SMARTS) is 1. The van der Waals surface area contributed by atoms with Crippen molar-refractivity contribution in [3.05, 3.63) is 59.3 Å². The second-order valence-electron chi connectivity index (χ2n) is 12.1. The van der Waals surface area contributed by atoms with Crippen molar-refractivity contribution in [3.63, 3.8) is 0 Å². The standard InChI is InChI=1S/C32H35N9O3/c1-18-27-29(40(8)38-18)28(35-20(3)34-27)22-14-24(11-9-21-10-12-25-23(13-21)16-33-39(25)7)36-26(15-22)37-30(42)19(2)41(31(43)44)17-32(4,5)6/h10,12-16,19H,17H2,1-8H3,(H,43,44)(H,36,37,42). The predicted octanol–water partition coefficient (Wildman–Crippen LogP) is 4.68. The normalized spacial score (nSPS) is 12.2. The number of nitrogens with one attached hydrogen (secondary N) is 1. The van der Waals surface area contributed by atoms with Crippen LogP contribution in [0.4, 0.5) is 10.6 Å². The fourth-order valence-corrected chi connectivity index (χ4v) is 5.08. The Balaban J connectivity index is 1.59. The summed E-state index contributed by atoms with van der Waals surface area (Å²) in [5, 5.41) is 22.5. The zero-order valence-electron chi connectivity index (χ0n) is 26.1. The van der Waals surface area contributed by atoms with Crippen LogP contribution in [-0.4, -0.2) is 69.1 Å². The Morgan fingerprint density at radius 1 is 1.05 bits per heavy atom. The second kappa shape index (κ2) is 11.4. The highest BCUT2D eigenvalue weighted by atomic mass is 16.4. The van der Waals surface area contributed by atoms with Crippen molar-refractivity contribution in [1.82, 2.24) is 39.4 Å². The largest absolute Gasteiger partial charge is 0.465 e. The van der Waals surface area contributed by atoms with Crippen LogP contribution in [0.25, 0.3) is 33.2 Å². The minimum Gasteiger partial charge on any atom is -0.465 e.